The van der Waals surface area contributed by atoms with Gasteiger partial charge in [0.05, 0.1) is 0 Å². The van der Waals surface area contributed by atoms with E-state index in [1.807, 2.05) is 62.4 Å². The second-order valence-corrected chi connectivity index (χ2v) is 5.66. The molecule has 0 bridgehead atoms. The topological polar surface area (TPSA) is 75.6 Å². The summed E-state index contributed by atoms with van der Waals surface area (Å²) in [6.07, 6.45) is 0.227. The van der Waals surface area contributed by atoms with Gasteiger partial charge >= 0.3 is 5.97 Å². The van der Waals surface area contributed by atoms with Gasteiger partial charge in [0.15, 0.2) is 6.61 Å². The lowest BCUT2D eigenvalue weighted by Crippen LogP contribution is -2.44. The van der Waals surface area contributed by atoms with Crippen molar-refractivity contribution in [3.63, 3.8) is 0 Å². The highest BCUT2D eigenvalue weighted by Gasteiger charge is 2.20. The number of hydrogen-bond acceptors (Lipinski definition) is 3. The van der Waals surface area contributed by atoms with E-state index in [2.05, 4.69) is 5.32 Å². The van der Waals surface area contributed by atoms with Crippen molar-refractivity contribution in [3.8, 4) is 5.75 Å². The predicted octanol–water partition coefficient (Wildman–Crippen LogP) is 2.49. The van der Waals surface area contributed by atoms with Crippen LogP contribution in [0.1, 0.15) is 16.7 Å². The summed E-state index contributed by atoms with van der Waals surface area (Å²) in [5, 5.41) is 11.8. The Bertz CT molecular complexity index is 692. The van der Waals surface area contributed by atoms with E-state index in [1.165, 1.54) is 0 Å². The van der Waals surface area contributed by atoms with E-state index in [0.717, 1.165) is 16.7 Å². The molecule has 0 radical (unpaired) electrons. The highest BCUT2D eigenvalue weighted by molar-refractivity contribution is 5.84. The molecule has 0 aliphatic rings. The predicted molar refractivity (Wildman–Crippen MR) is 91.1 cm³/mol. The Morgan fingerprint density at radius 3 is 2.25 bits per heavy atom. The second kappa shape index (κ2) is 8.15. The first-order valence-corrected chi connectivity index (χ1v) is 7.72. The summed E-state index contributed by atoms with van der Waals surface area (Å²) >= 11 is 0. The van der Waals surface area contributed by atoms with Gasteiger partial charge in [0.1, 0.15) is 11.8 Å². The minimum atomic E-state index is -1.07. The third kappa shape index (κ3) is 4.84. The number of hydrogen-bond donors (Lipinski definition) is 2. The molecule has 0 saturated carbocycles. The summed E-state index contributed by atoms with van der Waals surface area (Å²) in [7, 11) is 0. The van der Waals surface area contributed by atoms with Crippen LogP contribution in [0.4, 0.5) is 0 Å². The molecule has 2 N–H and O–H groups in total. The molecule has 0 fully saturated rings. The van der Waals surface area contributed by atoms with Gasteiger partial charge in [-0.1, -0.05) is 48.5 Å². The number of benzene rings is 2. The summed E-state index contributed by atoms with van der Waals surface area (Å²) < 4.78 is 5.56. The fraction of sp³-hybridized carbons (Fsp3) is 0.263. The van der Waals surface area contributed by atoms with Gasteiger partial charge in [-0.2, -0.15) is 0 Å². The third-order valence-electron chi connectivity index (χ3n) is 3.67. The van der Waals surface area contributed by atoms with Gasteiger partial charge in [-0.3, -0.25) is 4.79 Å². The fourth-order valence-electron chi connectivity index (χ4n) is 2.45. The van der Waals surface area contributed by atoms with E-state index >= 15 is 0 Å². The largest absolute Gasteiger partial charge is 0.483 e. The molecule has 0 saturated heterocycles. The van der Waals surface area contributed by atoms with E-state index in [0.29, 0.717) is 5.75 Å². The highest BCUT2D eigenvalue weighted by atomic mass is 16.5. The number of aliphatic carboxylic acids is 1. The SMILES string of the molecule is Cc1cccc(C)c1OCC(=O)N[C@H](Cc1ccccc1)C(=O)O. The van der Waals surface area contributed by atoms with Crippen LogP contribution in [0.15, 0.2) is 48.5 Å². The molecule has 126 valence electrons. The summed E-state index contributed by atoms with van der Waals surface area (Å²) in [6.45, 7) is 3.58. The number of rotatable bonds is 7. The van der Waals surface area contributed by atoms with Crippen LogP contribution in [0.3, 0.4) is 0 Å². The van der Waals surface area contributed by atoms with Gasteiger partial charge in [0.2, 0.25) is 0 Å². The number of ether oxygens (including phenoxy) is 1. The minimum absolute atomic E-state index is 0.218. The maximum absolute atomic E-state index is 12.0. The normalized spacial score (nSPS) is 11.6. The first-order chi connectivity index (χ1) is 11.5. The van der Waals surface area contributed by atoms with Gasteiger partial charge in [-0.05, 0) is 30.5 Å². The number of carboxylic acids is 1. The minimum Gasteiger partial charge on any atom is -0.483 e. The number of para-hydroxylation sites is 1. The Morgan fingerprint density at radius 1 is 1.04 bits per heavy atom. The number of carboxylic acid groups (broad SMARTS) is 1. The second-order valence-electron chi connectivity index (χ2n) is 5.66. The molecule has 0 heterocycles. The highest BCUT2D eigenvalue weighted by Crippen LogP contribution is 2.22. The van der Waals surface area contributed by atoms with Crippen LogP contribution >= 0.6 is 0 Å². The lowest BCUT2D eigenvalue weighted by molar-refractivity contribution is -0.142. The van der Waals surface area contributed by atoms with E-state index in [1.54, 1.807) is 0 Å². The van der Waals surface area contributed by atoms with Gasteiger partial charge in [0, 0.05) is 6.42 Å². The zero-order valence-corrected chi connectivity index (χ0v) is 13.8. The molecule has 5 heteroatoms. The van der Waals surface area contributed by atoms with Crippen molar-refractivity contribution in [2.24, 2.45) is 0 Å². The van der Waals surface area contributed by atoms with Crippen molar-refractivity contribution in [3.05, 3.63) is 65.2 Å². The lowest BCUT2D eigenvalue weighted by atomic mass is 10.1. The van der Waals surface area contributed by atoms with Crippen molar-refractivity contribution in [1.82, 2.24) is 5.32 Å². The van der Waals surface area contributed by atoms with Crippen LogP contribution < -0.4 is 10.1 Å². The molecule has 2 aromatic carbocycles. The molecule has 0 aromatic heterocycles. The van der Waals surface area contributed by atoms with Crippen LogP contribution in [0.25, 0.3) is 0 Å². The smallest absolute Gasteiger partial charge is 0.326 e. The van der Waals surface area contributed by atoms with Gasteiger partial charge < -0.3 is 15.2 Å². The molecule has 0 aliphatic heterocycles. The monoisotopic (exact) mass is 327 g/mol. The number of aryl methyl sites for hydroxylation is 2. The maximum atomic E-state index is 12.0. The third-order valence-corrected chi connectivity index (χ3v) is 3.67. The van der Waals surface area contributed by atoms with Crippen molar-refractivity contribution >= 4 is 11.9 Å². The molecular weight excluding hydrogens is 306 g/mol. The number of nitrogens with one attached hydrogen (secondary N) is 1. The quantitative estimate of drug-likeness (QED) is 0.819. The van der Waals surface area contributed by atoms with E-state index in [9.17, 15) is 14.7 Å². The van der Waals surface area contributed by atoms with Crippen LogP contribution in [0.2, 0.25) is 0 Å². The first kappa shape index (κ1) is 17.5. The molecule has 1 amide bonds. The molecule has 2 rings (SSSR count). The standard InChI is InChI=1S/C19H21NO4/c1-13-7-6-8-14(2)18(13)24-12-17(21)20-16(19(22)23)11-15-9-4-3-5-10-15/h3-10,16H,11-12H2,1-2H3,(H,20,21)(H,22,23)/t16-/m1/s1. The Kier molecular flexibility index (Phi) is 5.95. The zero-order chi connectivity index (χ0) is 17.5. The first-order valence-electron chi connectivity index (χ1n) is 7.72. The van der Waals surface area contributed by atoms with Gasteiger partial charge in [0.25, 0.3) is 5.91 Å². The molecule has 0 aliphatic carbocycles. The number of carbonyl (C=O) groups is 2. The van der Waals surface area contributed by atoms with E-state index < -0.39 is 17.9 Å². The van der Waals surface area contributed by atoms with Gasteiger partial charge in [-0.15, -0.1) is 0 Å². The average Bonchev–Trinajstić information content (AvgIpc) is 2.54. The summed E-state index contributed by atoms with van der Waals surface area (Å²) in [4.78, 5) is 23.4. The van der Waals surface area contributed by atoms with Crippen molar-refractivity contribution < 1.29 is 19.4 Å². The van der Waals surface area contributed by atoms with Gasteiger partial charge in [-0.25, -0.2) is 4.79 Å². The Hall–Kier alpha value is -2.82. The summed E-state index contributed by atoms with van der Waals surface area (Å²) in [5.74, 6) is -0.872. The number of carbonyl (C=O) groups excluding carboxylic acids is 1. The van der Waals surface area contributed by atoms with Crippen molar-refractivity contribution in [1.29, 1.82) is 0 Å². The van der Waals surface area contributed by atoms with Crippen LogP contribution in [0, 0.1) is 13.8 Å². The molecule has 0 spiro atoms. The van der Waals surface area contributed by atoms with E-state index in [-0.39, 0.29) is 13.0 Å². The van der Waals surface area contributed by atoms with E-state index in [4.69, 9.17) is 4.74 Å². The van der Waals surface area contributed by atoms with Crippen molar-refractivity contribution in [2.75, 3.05) is 6.61 Å². The molecule has 0 unspecified atom stereocenters. The molecule has 1 atom stereocenters. The molecule has 2 aromatic rings. The molecule has 5 nitrogen and oxygen atoms in total. The zero-order valence-electron chi connectivity index (χ0n) is 13.8. The Labute approximate surface area is 141 Å². The summed E-state index contributed by atoms with van der Waals surface area (Å²) in [5.41, 5.74) is 2.71. The van der Waals surface area contributed by atoms with Crippen LogP contribution in [0.5, 0.6) is 5.75 Å². The lowest BCUT2D eigenvalue weighted by Gasteiger charge is -2.16. The van der Waals surface area contributed by atoms with Crippen LogP contribution in [-0.4, -0.2) is 29.6 Å². The number of amides is 1. The Morgan fingerprint density at radius 2 is 1.67 bits per heavy atom. The molecule has 24 heavy (non-hydrogen) atoms. The maximum Gasteiger partial charge on any atom is 0.326 e. The van der Waals surface area contributed by atoms with Crippen LogP contribution in [-0.2, 0) is 16.0 Å². The molecular formula is C19H21NO4. The summed E-state index contributed by atoms with van der Waals surface area (Å²) in [6, 6.07) is 13.9. The van der Waals surface area contributed by atoms with Crippen molar-refractivity contribution in [2.45, 2.75) is 26.3 Å². The average molecular weight is 327 g/mol. The fourth-order valence-corrected chi connectivity index (χ4v) is 2.45. The Balaban J connectivity index is 1.95.